The normalized spacial score (nSPS) is 11.0. The second kappa shape index (κ2) is 52.4. The Morgan fingerprint density at radius 1 is 0.262 bits per heavy atom. The number of rotatable bonds is 46. The molecule has 0 amide bonds. The van der Waals surface area contributed by atoms with E-state index in [0.717, 1.165) is 56.1 Å². The van der Waals surface area contributed by atoms with Gasteiger partial charge in [-0.3, -0.25) is 0 Å². The lowest BCUT2D eigenvalue weighted by atomic mass is 10.1. The highest BCUT2D eigenvalue weighted by Gasteiger charge is 2.15. The molecule has 0 aromatic rings. The highest BCUT2D eigenvalue weighted by Crippen LogP contribution is 2.14. The van der Waals surface area contributed by atoms with Crippen molar-refractivity contribution in [3.63, 3.8) is 0 Å². The molecule has 0 aliphatic rings. The second-order valence-corrected chi connectivity index (χ2v) is 18.2. The maximum absolute atomic E-state index is 5.46. The first-order valence-corrected chi connectivity index (χ1v) is 26.3. The van der Waals surface area contributed by atoms with Crippen molar-refractivity contribution in [1.82, 2.24) is 0 Å². The molecule has 0 heterocycles. The maximum atomic E-state index is 5.46. The Balaban J connectivity index is 3.39. The lowest BCUT2D eigenvalue weighted by Crippen LogP contribution is -2.44. The summed E-state index contributed by atoms with van der Waals surface area (Å²) >= 11 is 0. The summed E-state index contributed by atoms with van der Waals surface area (Å²) < 4.78 is 0.805. The van der Waals surface area contributed by atoms with Gasteiger partial charge in [-0.05, 0) is 62.2 Å². The second-order valence-electron chi connectivity index (χ2n) is 18.2. The van der Waals surface area contributed by atoms with E-state index in [1.807, 2.05) is 0 Å². The number of likely N-dealkylation sites (N-methyl/N-ethyl adjacent to an activating group) is 1. The summed E-state index contributed by atoms with van der Waals surface area (Å²) in [5.41, 5.74) is 0. The molecule has 352 valence electrons. The lowest BCUT2D eigenvalue weighted by molar-refractivity contribution is -0.893. The Morgan fingerprint density at radius 2 is 0.475 bits per heavy atom. The molecule has 0 saturated heterocycles. The average Bonchev–Trinajstić information content (AvgIpc) is 3.25. The van der Waals surface area contributed by atoms with Gasteiger partial charge in [0.1, 0.15) is 26.3 Å². The van der Waals surface area contributed by atoms with Crippen molar-refractivity contribution in [3.05, 3.63) is 0 Å². The Hall–Kier alpha value is -1.96. The number of hydrogen-bond acceptors (Lipinski definition) is 4. The van der Waals surface area contributed by atoms with Crippen molar-refractivity contribution in [1.29, 1.82) is 0 Å². The molecular weight excluding hydrogens is 751 g/mol. The molecule has 0 radical (unpaired) electrons. The van der Waals surface area contributed by atoms with Crippen LogP contribution < -0.4 is 0 Å². The summed E-state index contributed by atoms with van der Waals surface area (Å²) in [5.74, 6) is 25.2. The molecule has 5 heteroatoms. The van der Waals surface area contributed by atoms with Crippen LogP contribution in [0.4, 0.5) is 0 Å². The first-order valence-electron chi connectivity index (χ1n) is 26.3. The first kappa shape index (κ1) is 59.0. The lowest BCUT2D eigenvalue weighted by Gasteiger charge is -2.28. The molecule has 0 rings (SSSR count). The Bertz CT molecular complexity index is 1050. The van der Waals surface area contributed by atoms with Gasteiger partial charge < -0.3 is 4.48 Å². The van der Waals surface area contributed by atoms with Crippen molar-refractivity contribution in [2.45, 2.75) is 258 Å². The summed E-state index contributed by atoms with van der Waals surface area (Å²) in [6, 6.07) is 0. The van der Waals surface area contributed by atoms with Gasteiger partial charge in [0, 0.05) is 25.7 Å². The van der Waals surface area contributed by atoms with Crippen LogP contribution in [0.2, 0.25) is 0 Å². The monoisotopic (exact) mass is 851 g/mol. The zero-order chi connectivity index (χ0) is 44.1. The molecule has 0 aliphatic carbocycles. The van der Waals surface area contributed by atoms with E-state index in [9.17, 15) is 0 Å². The summed E-state index contributed by atoms with van der Waals surface area (Å²) in [7, 11) is 4.37. The van der Waals surface area contributed by atoms with Gasteiger partial charge in [-0.2, -0.15) is 0 Å². The molecule has 0 aliphatic heterocycles. The largest absolute Gasteiger partial charge is 0.324 e. The van der Waals surface area contributed by atoms with E-state index in [4.69, 9.17) is 19.6 Å². The summed E-state index contributed by atoms with van der Waals surface area (Å²) in [4.78, 5) is 21.8. The smallest absolute Gasteiger partial charge is 0.131 e. The van der Waals surface area contributed by atoms with Crippen molar-refractivity contribution >= 4 is 0 Å². The van der Waals surface area contributed by atoms with E-state index >= 15 is 0 Å². The molecule has 0 saturated carbocycles. The SMILES string of the molecule is CCCCCCCCCCCCCC#CC#CCCCCCCCCOOCC[N+](C)(C)CCOOCCCCCCCCC#CC#CCCCCCCCCCCCCC. The zero-order valence-electron chi connectivity index (χ0n) is 41.2. The van der Waals surface area contributed by atoms with Gasteiger partial charge in [0.25, 0.3) is 0 Å². The van der Waals surface area contributed by atoms with E-state index in [2.05, 4.69) is 75.3 Å². The molecule has 5 nitrogen and oxygen atoms in total. The van der Waals surface area contributed by atoms with Crippen molar-refractivity contribution in [3.8, 4) is 47.4 Å². The van der Waals surface area contributed by atoms with Crippen LogP contribution in [0.1, 0.15) is 258 Å². The molecule has 61 heavy (non-hydrogen) atoms. The fraction of sp³-hybridized carbons (Fsp3) is 0.857. The molecule has 0 unspecified atom stereocenters. The van der Waals surface area contributed by atoms with Gasteiger partial charge in [0.15, 0.2) is 0 Å². The van der Waals surface area contributed by atoms with Gasteiger partial charge in [-0.25, -0.2) is 19.6 Å². The van der Waals surface area contributed by atoms with Crippen LogP contribution in [0.3, 0.4) is 0 Å². The van der Waals surface area contributed by atoms with Crippen molar-refractivity contribution in [2.75, 3.05) is 53.6 Å². The van der Waals surface area contributed by atoms with E-state index in [0.29, 0.717) is 26.4 Å². The summed E-state index contributed by atoms with van der Waals surface area (Å²) in [6.45, 7) is 8.81. The quantitative estimate of drug-likeness (QED) is 0.0201. The van der Waals surface area contributed by atoms with Gasteiger partial charge in [0.05, 0.1) is 27.3 Å². The van der Waals surface area contributed by atoms with Crippen LogP contribution in [-0.2, 0) is 19.6 Å². The Morgan fingerprint density at radius 3 is 0.738 bits per heavy atom. The topological polar surface area (TPSA) is 36.9 Å². The maximum Gasteiger partial charge on any atom is 0.131 e. The van der Waals surface area contributed by atoms with E-state index in [1.54, 1.807) is 0 Å². The third-order valence-corrected chi connectivity index (χ3v) is 11.6. The standard InChI is InChI=1S/C56H100NO4/c1-5-7-9-11-13-15-17-19-21-23-25-27-29-31-33-35-37-39-41-43-45-47-49-53-58-60-55-51-57(3,4)52-56-61-59-54-50-48-46-44-42-40-38-36-34-32-30-28-26-24-22-20-18-16-14-12-10-8-6-2/h5-28,37-56H2,1-4H3/q+1. The fourth-order valence-electron chi connectivity index (χ4n) is 7.26. The molecule has 0 N–H and O–H groups in total. The minimum Gasteiger partial charge on any atom is -0.324 e. The molecule has 0 spiro atoms. The fourth-order valence-corrected chi connectivity index (χ4v) is 7.26. The first-order chi connectivity index (χ1) is 30.1. The van der Waals surface area contributed by atoms with Gasteiger partial charge in [0.2, 0.25) is 0 Å². The van der Waals surface area contributed by atoms with Crippen LogP contribution in [-0.4, -0.2) is 58.1 Å². The Labute approximate surface area is 381 Å². The van der Waals surface area contributed by atoms with Crippen LogP contribution in [0.5, 0.6) is 0 Å². The molecule has 0 atom stereocenters. The predicted molar refractivity (Wildman–Crippen MR) is 264 cm³/mol. The number of unbranched alkanes of at least 4 members (excludes halogenated alkanes) is 34. The molecule has 0 bridgehead atoms. The molecular formula is C56H100NO4+. The van der Waals surface area contributed by atoms with Crippen LogP contribution >= 0.6 is 0 Å². The minimum atomic E-state index is 0.582. The van der Waals surface area contributed by atoms with Crippen molar-refractivity contribution < 1.29 is 24.0 Å². The highest BCUT2D eigenvalue weighted by molar-refractivity contribution is 5.26. The average molecular weight is 851 g/mol. The van der Waals surface area contributed by atoms with E-state index in [-0.39, 0.29) is 0 Å². The van der Waals surface area contributed by atoms with E-state index < -0.39 is 0 Å². The highest BCUT2D eigenvalue weighted by atomic mass is 17.2. The molecule has 0 aromatic carbocycles. The minimum absolute atomic E-state index is 0.582. The number of hydrogen-bond donors (Lipinski definition) is 0. The van der Waals surface area contributed by atoms with Crippen LogP contribution in [0, 0.1) is 47.4 Å². The molecule has 0 fully saturated rings. The van der Waals surface area contributed by atoms with Gasteiger partial charge in [-0.15, -0.1) is 0 Å². The molecule has 0 aromatic heterocycles. The number of quaternary nitrogens is 1. The van der Waals surface area contributed by atoms with Crippen LogP contribution in [0.15, 0.2) is 0 Å². The third-order valence-electron chi connectivity index (χ3n) is 11.6. The van der Waals surface area contributed by atoms with Crippen LogP contribution in [0.25, 0.3) is 0 Å². The van der Waals surface area contributed by atoms with Gasteiger partial charge >= 0.3 is 0 Å². The Kier molecular flexibility index (Phi) is 50.7. The summed E-state index contributed by atoms with van der Waals surface area (Å²) in [6.07, 6.45) is 48.6. The predicted octanol–water partition coefficient (Wildman–Crippen LogP) is 15.8. The zero-order valence-corrected chi connectivity index (χ0v) is 41.2. The third kappa shape index (κ3) is 54.1. The van der Waals surface area contributed by atoms with E-state index in [1.165, 1.54) is 205 Å². The van der Waals surface area contributed by atoms with Crippen molar-refractivity contribution in [2.24, 2.45) is 0 Å². The summed E-state index contributed by atoms with van der Waals surface area (Å²) in [5, 5.41) is 0. The van der Waals surface area contributed by atoms with Gasteiger partial charge in [-0.1, -0.05) is 217 Å². The number of nitrogens with zero attached hydrogens (tertiary/aromatic N) is 1.